The summed E-state index contributed by atoms with van der Waals surface area (Å²) in [5.41, 5.74) is 11.5. The summed E-state index contributed by atoms with van der Waals surface area (Å²) in [5, 5.41) is 0. The number of imide groups is 1. The van der Waals surface area contributed by atoms with Gasteiger partial charge in [-0.3, -0.25) is 14.5 Å². The number of carbonyl (C=O) groups excluding carboxylic acids is 4. The molecule has 8 nitrogen and oxygen atoms in total. The molecule has 4 N–H and O–H groups in total. The van der Waals surface area contributed by atoms with E-state index in [1.54, 1.807) is 98.8 Å². The topological polar surface area (TPSA) is 124 Å². The minimum Gasteiger partial charge on any atom is -0.364 e. The summed E-state index contributed by atoms with van der Waals surface area (Å²) in [6, 6.07) is 22.6. The standard InChI is InChI=1S/C27H26N4O4/c1-18(2)27(25(28)34,19-11-5-3-6-12-19)31(26(29)35)22-16-10-9-15-21(22)30(23(32)17-24(31)33)20-13-7-4-8-14-20/h3-16,18H,17H2,1-2H3,(H3-,28,29,34,35)/p+1. The average Bonchev–Trinajstić information content (AvgIpc) is 2.92. The third-order valence-electron chi connectivity index (χ3n) is 6.71. The lowest BCUT2D eigenvalue weighted by Crippen LogP contribution is -2.77. The Bertz CT molecular complexity index is 1310. The van der Waals surface area contributed by atoms with Crippen molar-refractivity contribution in [1.29, 1.82) is 0 Å². The molecule has 0 bridgehead atoms. The summed E-state index contributed by atoms with van der Waals surface area (Å²) < 4.78 is -1.24. The molecule has 2 atom stereocenters. The number of nitrogens with two attached hydrogens (primary N) is 2. The minimum atomic E-state index is -1.92. The normalized spacial score (nSPS) is 19.6. The second-order valence-electron chi connectivity index (χ2n) is 8.78. The second-order valence-corrected chi connectivity index (χ2v) is 8.78. The molecule has 5 amide bonds. The van der Waals surface area contributed by atoms with Gasteiger partial charge >= 0.3 is 11.9 Å². The average molecular weight is 472 g/mol. The van der Waals surface area contributed by atoms with Crippen molar-refractivity contribution in [2.24, 2.45) is 17.4 Å². The second kappa shape index (κ2) is 8.81. The van der Waals surface area contributed by atoms with Gasteiger partial charge in [-0.2, -0.15) is 0 Å². The Morgan fingerprint density at radius 1 is 0.857 bits per heavy atom. The highest BCUT2D eigenvalue weighted by Gasteiger charge is 2.70. The van der Waals surface area contributed by atoms with E-state index in [0.29, 0.717) is 11.3 Å². The van der Waals surface area contributed by atoms with Crippen molar-refractivity contribution < 1.29 is 19.2 Å². The van der Waals surface area contributed by atoms with Crippen LogP contribution < -0.4 is 20.9 Å². The molecular formula is C27H27N4O4+. The Labute approximate surface area is 203 Å². The van der Waals surface area contributed by atoms with E-state index < -0.39 is 46.1 Å². The van der Waals surface area contributed by atoms with Crippen molar-refractivity contribution in [3.63, 3.8) is 0 Å². The van der Waals surface area contributed by atoms with Crippen LogP contribution in [0.2, 0.25) is 0 Å². The van der Waals surface area contributed by atoms with E-state index >= 15 is 0 Å². The van der Waals surface area contributed by atoms with E-state index in [4.69, 9.17) is 11.5 Å². The lowest BCUT2D eigenvalue weighted by atomic mass is 9.74. The van der Waals surface area contributed by atoms with Crippen LogP contribution in [0.25, 0.3) is 0 Å². The fraction of sp³-hybridized carbons (Fsp3) is 0.185. The number of nitrogens with zero attached hydrogens (tertiary/aromatic N) is 2. The number of hydrogen-bond acceptors (Lipinski definition) is 4. The highest BCUT2D eigenvalue weighted by Crippen LogP contribution is 2.52. The van der Waals surface area contributed by atoms with Gasteiger partial charge in [0.2, 0.25) is 11.4 Å². The number of primary amides is 2. The van der Waals surface area contributed by atoms with Crippen molar-refractivity contribution in [3.8, 4) is 0 Å². The van der Waals surface area contributed by atoms with Gasteiger partial charge in [-0.25, -0.2) is 9.59 Å². The number of fused-ring (bicyclic) bond motifs is 1. The van der Waals surface area contributed by atoms with Crippen LogP contribution in [0.5, 0.6) is 0 Å². The number of quaternary nitrogens is 1. The molecule has 8 heteroatoms. The first-order valence-corrected chi connectivity index (χ1v) is 11.3. The maximum Gasteiger partial charge on any atom is 0.427 e. The molecule has 1 aliphatic heterocycles. The van der Waals surface area contributed by atoms with E-state index in [2.05, 4.69) is 0 Å². The monoisotopic (exact) mass is 471 g/mol. The van der Waals surface area contributed by atoms with Crippen LogP contribution in [0.15, 0.2) is 84.9 Å². The van der Waals surface area contributed by atoms with Gasteiger partial charge in [-0.05, 0) is 18.2 Å². The molecular weight excluding hydrogens is 444 g/mol. The van der Waals surface area contributed by atoms with E-state index in [1.165, 1.54) is 4.90 Å². The maximum absolute atomic E-state index is 14.2. The minimum absolute atomic E-state index is 0.107. The summed E-state index contributed by atoms with van der Waals surface area (Å²) in [7, 11) is 0. The highest BCUT2D eigenvalue weighted by atomic mass is 16.2. The fourth-order valence-corrected chi connectivity index (χ4v) is 5.39. The molecule has 3 aromatic carbocycles. The van der Waals surface area contributed by atoms with Gasteiger partial charge in [0.1, 0.15) is 12.1 Å². The molecule has 0 spiro atoms. The van der Waals surface area contributed by atoms with Crippen LogP contribution in [-0.4, -0.2) is 23.8 Å². The van der Waals surface area contributed by atoms with Crippen molar-refractivity contribution in [3.05, 3.63) is 90.5 Å². The van der Waals surface area contributed by atoms with Crippen LogP contribution in [0, 0.1) is 5.92 Å². The SMILES string of the molecule is CC(C)C(C(N)=O)(c1ccccc1)[N+]1(C(N)=O)C(=O)CC(=O)N(c2ccccc2)c2ccccc21. The third kappa shape index (κ3) is 3.25. The quantitative estimate of drug-likeness (QED) is 0.435. The Hall–Kier alpha value is -4.30. The van der Waals surface area contributed by atoms with E-state index in [9.17, 15) is 19.2 Å². The van der Waals surface area contributed by atoms with Crippen LogP contribution in [-0.2, 0) is 19.9 Å². The molecule has 3 aromatic rings. The molecule has 0 aromatic heterocycles. The largest absolute Gasteiger partial charge is 0.427 e. The Morgan fingerprint density at radius 2 is 1.40 bits per heavy atom. The number of urea groups is 1. The molecule has 0 radical (unpaired) electrons. The van der Waals surface area contributed by atoms with Crippen LogP contribution in [0.4, 0.5) is 21.9 Å². The summed E-state index contributed by atoms with van der Waals surface area (Å²) in [4.78, 5) is 56.2. The van der Waals surface area contributed by atoms with Crippen LogP contribution in [0.1, 0.15) is 25.8 Å². The first-order valence-electron chi connectivity index (χ1n) is 11.3. The number of hydrogen-bond donors (Lipinski definition) is 2. The van der Waals surface area contributed by atoms with Gasteiger partial charge in [0, 0.05) is 23.2 Å². The van der Waals surface area contributed by atoms with Gasteiger partial charge in [0.05, 0.1) is 0 Å². The summed E-state index contributed by atoms with van der Waals surface area (Å²) in [6.07, 6.45) is -0.666. The van der Waals surface area contributed by atoms with E-state index in [-0.39, 0.29) is 11.4 Å². The lowest BCUT2D eigenvalue weighted by molar-refractivity contribution is -0.145. The third-order valence-corrected chi connectivity index (χ3v) is 6.71. The van der Waals surface area contributed by atoms with Crippen LogP contribution in [0.3, 0.4) is 0 Å². The highest BCUT2D eigenvalue weighted by molar-refractivity contribution is 6.24. The number of rotatable bonds is 5. The lowest BCUT2D eigenvalue weighted by Gasteiger charge is -2.47. The number of para-hydroxylation sites is 3. The van der Waals surface area contributed by atoms with Gasteiger partial charge in [-0.1, -0.05) is 74.5 Å². The van der Waals surface area contributed by atoms with Gasteiger partial charge in [-0.15, -0.1) is 4.48 Å². The van der Waals surface area contributed by atoms with Gasteiger partial charge < -0.3 is 11.5 Å². The molecule has 178 valence electrons. The molecule has 0 saturated carbocycles. The van der Waals surface area contributed by atoms with Crippen molar-refractivity contribution >= 4 is 40.8 Å². The number of benzene rings is 3. The smallest absolute Gasteiger partial charge is 0.364 e. The molecule has 0 aliphatic carbocycles. The molecule has 1 heterocycles. The molecule has 1 aliphatic rings. The summed E-state index contributed by atoms with van der Waals surface area (Å²) >= 11 is 0. The first kappa shape index (κ1) is 23.8. The molecule has 4 rings (SSSR count). The van der Waals surface area contributed by atoms with Gasteiger partial charge in [0.25, 0.3) is 5.91 Å². The predicted molar refractivity (Wildman–Crippen MR) is 133 cm³/mol. The maximum atomic E-state index is 14.2. The number of anilines is 2. The zero-order valence-corrected chi connectivity index (χ0v) is 19.5. The zero-order chi connectivity index (χ0) is 25.4. The fourth-order valence-electron chi connectivity index (χ4n) is 5.39. The Morgan fingerprint density at radius 3 is 1.94 bits per heavy atom. The summed E-state index contributed by atoms with van der Waals surface area (Å²) in [5.74, 6) is -2.94. The molecule has 0 saturated heterocycles. The van der Waals surface area contributed by atoms with Gasteiger partial charge in [0.15, 0.2) is 5.69 Å². The predicted octanol–water partition coefficient (Wildman–Crippen LogP) is 3.70. The molecule has 35 heavy (non-hydrogen) atoms. The summed E-state index contributed by atoms with van der Waals surface area (Å²) in [6.45, 7) is 3.41. The van der Waals surface area contributed by atoms with E-state index in [1.807, 2.05) is 0 Å². The van der Waals surface area contributed by atoms with Crippen molar-refractivity contribution in [1.82, 2.24) is 4.48 Å². The number of carbonyl (C=O) groups is 4. The van der Waals surface area contributed by atoms with Crippen molar-refractivity contribution in [2.75, 3.05) is 4.90 Å². The first-order chi connectivity index (χ1) is 16.7. The molecule has 2 unspecified atom stereocenters. The molecule has 0 fully saturated rings. The van der Waals surface area contributed by atoms with E-state index in [0.717, 1.165) is 0 Å². The number of amides is 5. The van der Waals surface area contributed by atoms with Crippen LogP contribution >= 0.6 is 0 Å². The Balaban J connectivity index is 2.20. The van der Waals surface area contributed by atoms with Crippen molar-refractivity contribution in [2.45, 2.75) is 25.8 Å². The zero-order valence-electron chi connectivity index (χ0n) is 19.5. The Kier molecular flexibility index (Phi) is 6.00.